The van der Waals surface area contributed by atoms with Crippen LogP contribution >= 0.6 is 0 Å². The van der Waals surface area contributed by atoms with Crippen LogP contribution in [-0.4, -0.2) is 39.4 Å². The average Bonchev–Trinajstić information content (AvgIpc) is 2.85. The number of methoxy groups -OCH3 is 2. The van der Waals surface area contributed by atoms with E-state index in [0.717, 1.165) is 43.8 Å². The molecular weight excluding hydrogens is 432 g/mol. The lowest BCUT2D eigenvalue weighted by molar-refractivity contribution is -0.142. The van der Waals surface area contributed by atoms with Crippen molar-refractivity contribution in [2.45, 2.75) is 52.4 Å². The summed E-state index contributed by atoms with van der Waals surface area (Å²) < 4.78 is 20.4. The Hall–Kier alpha value is -3.02. The van der Waals surface area contributed by atoms with Crippen molar-refractivity contribution in [3.8, 4) is 11.5 Å². The van der Waals surface area contributed by atoms with Crippen molar-refractivity contribution in [2.24, 2.45) is 11.8 Å². The Morgan fingerprint density at radius 3 is 1.56 bits per heavy atom. The smallest absolute Gasteiger partial charge is 0.305 e. The number of ether oxygens (including phenoxy) is 4. The van der Waals surface area contributed by atoms with Crippen LogP contribution in [0.1, 0.15) is 52.4 Å². The van der Waals surface area contributed by atoms with E-state index in [1.807, 2.05) is 67.6 Å². The second-order valence-corrected chi connectivity index (χ2v) is 8.38. The molecular formula is C28H40O6. The van der Waals surface area contributed by atoms with Gasteiger partial charge >= 0.3 is 11.9 Å². The molecule has 0 heterocycles. The van der Waals surface area contributed by atoms with Gasteiger partial charge in [0.1, 0.15) is 11.5 Å². The minimum Gasteiger partial charge on any atom is -0.494 e. The molecule has 0 aliphatic carbocycles. The van der Waals surface area contributed by atoms with Crippen LogP contribution in [0.5, 0.6) is 11.5 Å². The summed E-state index contributed by atoms with van der Waals surface area (Å²) in [6.45, 7) is 5.46. The molecule has 0 aromatic heterocycles. The Morgan fingerprint density at radius 1 is 0.647 bits per heavy atom. The van der Waals surface area contributed by atoms with Crippen molar-refractivity contribution in [2.75, 3.05) is 27.4 Å². The first-order valence-electron chi connectivity index (χ1n) is 11.9. The topological polar surface area (TPSA) is 71.1 Å². The maximum Gasteiger partial charge on any atom is 0.305 e. The van der Waals surface area contributed by atoms with Crippen LogP contribution in [0.15, 0.2) is 60.7 Å². The van der Waals surface area contributed by atoms with Crippen LogP contribution in [0.2, 0.25) is 0 Å². The number of carbonyl (C=O) groups is 2. The number of esters is 2. The van der Waals surface area contributed by atoms with Crippen LogP contribution in [-0.2, 0) is 19.1 Å². The average molecular weight is 473 g/mol. The fraction of sp³-hybridized carbons (Fsp3) is 0.500. The second kappa shape index (κ2) is 18.4. The quantitative estimate of drug-likeness (QED) is 0.245. The van der Waals surface area contributed by atoms with Gasteiger partial charge in [0, 0.05) is 12.8 Å². The zero-order chi connectivity index (χ0) is 25.0. The maximum absolute atomic E-state index is 11.0. The molecule has 2 rings (SSSR count). The van der Waals surface area contributed by atoms with Gasteiger partial charge in [-0.15, -0.1) is 0 Å². The summed E-state index contributed by atoms with van der Waals surface area (Å²) in [6.07, 6.45) is 4.94. The van der Waals surface area contributed by atoms with Crippen molar-refractivity contribution in [3.05, 3.63) is 60.7 Å². The van der Waals surface area contributed by atoms with Gasteiger partial charge in [0.05, 0.1) is 27.4 Å². The predicted molar refractivity (Wildman–Crippen MR) is 134 cm³/mol. The molecule has 0 radical (unpaired) electrons. The van der Waals surface area contributed by atoms with E-state index in [-0.39, 0.29) is 17.9 Å². The molecule has 2 unspecified atom stereocenters. The lowest BCUT2D eigenvalue weighted by Crippen LogP contribution is -2.10. The first-order chi connectivity index (χ1) is 16.4. The summed E-state index contributed by atoms with van der Waals surface area (Å²) in [5.74, 6) is 2.17. The number of hydrogen-bond acceptors (Lipinski definition) is 6. The van der Waals surface area contributed by atoms with E-state index < -0.39 is 0 Å². The molecule has 2 aromatic rings. The normalized spacial score (nSPS) is 11.9. The molecule has 6 nitrogen and oxygen atoms in total. The van der Waals surface area contributed by atoms with Gasteiger partial charge in [-0.2, -0.15) is 0 Å². The molecule has 2 atom stereocenters. The number of unbranched alkanes of at least 4 members (excludes halogenated alkanes) is 1. The maximum atomic E-state index is 11.0. The zero-order valence-electron chi connectivity index (χ0n) is 21.0. The summed E-state index contributed by atoms with van der Waals surface area (Å²) in [7, 11) is 2.85. The molecule has 2 aromatic carbocycles. The highest BCUT2D eigenvalue weighted by Crippen LogP contribution is 2.14. The van der Waals surface area contributed by atoms with Gasteiger partial charge < -0.3 is 18.9 Å². The van der Waals surface area contributed by atoms with Crippen molar-refractivity contribution in [3.63, 3.8) is 0 Å². The van der Waals surface area contributed by atoms with E-state index >= 15 is 0 Å². The van der Waals surface area contributed by atoms with Crippen molar-refractivity contribution >= 4 is 11.9 Å². The lowest BCUT2D eigenvalue weighted by atomic mass is 10.0. The summed E-state index contributed by atoms with van der Waals surface area (Å²) in [4.78, 5) is 22.0. The molecule has 0 saturated carbocycles. The summed E-state index contributed by atoms with van der Waals surface area (Å²) in [5, 5.41) is 0. The summed E-state index contributed by atoms with van der Waals surface area (Å²) in [5.41, 5.74) is 0. The van der Waals surface area contributed by atoms with E-state index in [0.29, 0.717) is 25.4 Å². The van der Waals surface area contributed by atoms with Crippen molar-refractivity contribution < 1.29 is 28.5 Å². The second-order valence-electron chi connectivity index (χ2n) is 8.38. The Bertz CT molecular complexity index is 778. The van der Waals surface area contributed by atoms with Gasteiger partial charge in [-0.1, -0.05) is 56.7 Å². The summed E-state index contributed by atoms with van der Waals surface area (Å²) >= 11 is 0. The third kappa shape index (κ3) is 14.9. The van der Waals surface area contributed by atoms with Gasteiger partial charge in [-0.25, -0.2) is 0 Å². The fourth-order valence-electron chi connectivity index (χ4n) is 3.14. The molecule has 0 saturated heterocycles. The molecule has 0 fully saturated rings. The van der Waals surface area contributed by atoms with E-state index in [2.05, 4.69) is 16.4 Å². The molecule has 188 valence electrons. The van der Waals surface area contributed by atoms with Gasteiger partial charge in [0.15, 0.2) is 0 Å². The van der Waals surface area contributed by atoms with Crippen LogP contribution in [0.25, 0.3) is 0 Å². The number of rotatable bonds is 14. The Kier molecular flexibility index (Phi) is 15.7. The number of carbonyl (C=O) groups excluding carboxylic acids is 2. The first kappa shape index (κ1) is 29.0. The van der Waals surface area contributed by atoms with Gasteiger partial charge in [0.2, 0.25) is 0 Å². The monoisotopic (exact) mass is 472 g/mol. The molecule has 34 heavy (non-hydrogen) atoms. The number of hydrogen-bond donors (Lipinski definition) is 0. The van der Waals surface area contributed by atoms with E-state index in [1.54, 1.807) is 0 Å². The van der Waals surface area contributed by atoms with E-state index in [4.69, 9.17) is 9.47 Å². The predicted octanol–water partition coefficient (Wildman–Crippen LogP) is 6.09. The largest absolute Gasteiger partial charge is 0.494 e. The molecule has 0 amide bonds. The molecule has 0 N–H and O–H groups in total. The number of benzene rings is 2. The molecule has 0 aliphatic rings. The number of para-hydroxylation sites is 2. The Labute approximate surface area is 204 Å². The van der Waals surface area contributed by atoms with Gasteiger partial charge in [-0.3, -0.25) is 9.59 Å². The molecule has 6 heteroatoms. The van der Waals surface area contributed by atoms with E-state index in [1.165, 1.54) is 14.2 Å². The minimum absolute atomic E-state index is 0.122. The Balaban J connectivity index is 0.000000342. The highest BCUT2D eigenvalue weighted by atomic mass is 16.5. The van der Waals surface area contributed by atoms with Crippen LogP contribution in [0.3, 0.4) is 0 Å². The van der Waals surface area contributed by atoms with Crippen molar-refractivity contribution in [1.82, 2.24) is 0 Å². The third-order valence-corrected chi connectivity index (χ3v) is 5.21. The summed E-state index contributed by atoms with van der Waals surface area (Å²) in [6, 6.07) is 19.5. The van der Waals surface area contributed by atoms with Gasteiger partial charge in [-0.05, 0) is 55.4 Å². The SMILES string of the molecule is COC(=O)CC(C)CCCCOc1ccccc1.COC(=O)CC(C)CCOc1ccccc1. The lowest BCUT2D eigenvalue weighted by Gasteiger charge is -2.10. The molecule has 0 bridgehead atoms. The molecule has 0 spiro atoms. The highest BCUT2D eigenvalue weighted by molar-refractivity contribution is 5.69. The van der Waals surface area contributed by atoms with Crippen LogP contribution in [0.4, 0.5) is 0 Å². The third-order valence-electron chi connectivity index (χ3n) is 5.21. The molecule has 0 aliphatic heterocycles. The van der Waals surface area contributed by atoms with Gasteiger partial charge in [0.25, 0.3) is 0 Å². The minimum atomic E-state index is -0.160. The first-order valence-corrected chi connectivity index (χ1v) is 11.9. The standard InChI is InChI=1S/C15H22O3.C13H18O3/c1-13(12-15(16)17-2)8-6-7-11-18-14-9-4-3-5-10-14;1-11(10-13(14)15-2)8-9-16-12-6-4-3-5-7-12/h3-5,9-10,13H,6-8,11-12H2,1-2H3;3-7,11H,8-10H2,1-2H3. The van der Waals surface area contributed by atoms with Crippen LogP contribution in [0, 0.1) is 11.8 Å². The van der Waals surface area contributed by atoms with Crippen molar-refractivity contribution in [1.29, 1.82) is 0 Å². The Morgan fingerprint density at radius 2 is 1.09 bits per heavy atom. The highest BCUT2D eigenvalue weighted by Gasteiger charge is 2.09. The van der Waals surface area contributed by atoms with Crippen LogP contribution < -0.4 is 9.47 Å². The fourth-order valence-corrected chi connectivity index (χ4v) is 3.14. The van der Waals surface area contributed by atoms with E-state index in [9.17, 15) is 9.59 Å². The zero-order valence-corrected chi connectivity index (χ0v) is 21.0.